The number of hydrogen-bond acceptors (Lipinski definition) is 6. The molecule has 0 atom stereocenters. The van der Waals surface area contributed by atoms with Crippen LogP contribution in [0.1, 0.15) is 10.4 Å². The van der Waals surface area contributed by atoms with Gasteiger partial charge in [-0.15, -0.1) is 0 Å². The molecular formula is C14H9ClIN3O6. The molecule has 0 heterocycles. The molecule has 9 nitrogen and oxygen atoms in total. The summed E-state index contributed by atoms with van der Waals surface area (Å²) < 4.78 is 5.51. The SMILES string of the molecule is COc1c([N+](=O)[O-])cc(NC(=O)c2cc(I)ccc2Cl)cc1[N+](=O)[O-]. The Morgan fingerprint density at radius 3 is 2.20 bits per heavy atom. The number of nitrogens with one attached hydrogen (secondary N) is 1. The summed E-state index contributed by atoms with van der Waals surface area (Å²) in [7, 11) is 1.08. The van der Waals surface area contributed by atoms with Crippen molar-refractivity contribution in [3.63, 3.8) is 0 Å². The largest absolute Gasteiger partial charge is 0.485 e. The molecule has 0 spiro atoms. The zero-order valence-electron chi connectivity index (χ0n) is 12.5. The number of amides is 1. The van der Waals surface area contributed by atoms with Gasteiger partial charge in [0.2, 0.25) is 0 Å². The lowest BCUT2D eigenvalue weighted by molar-refractivity contribution is -0.395. The molecule has 0 aliphatic carbocycles. The minimum absolute atomic E-state index is 0.126. The van der Waals surface area contributed by atoms with Gasteiger partial charge < -0.3 is 10.1 Å². The second-order valence-electron chi connectivity index (χ2n) is 4.64. The molecule has 0 aromatic heterocycles. The maximum Gasteiger partial charge on any atom is 0.320 e. The number of hydrogen-bond donors (Lipinski definition) is 1. The van der Waals surface area contributed by atoms with Gasteiger partial charge in [0.15, 0.2) is 0 Å². The second-order valence-corrected chi connectivity index (χ2v) is 6.29. The summed E-state index contributed by atoms with van der Waals surface area (Å²) in [6.45, 7) is 0. The Morgan fingerprint density at radius 1 is 1.16 bits per heavy atom. The number of carbonyl (C=O) groups is 1. The van der Waals surface area contributed by atoms with Crippen LogP contribution in [-0.2, 0) is 0 Å². The highest BCUT2D eigenvalue weighted by molar-refractivity contribution is 14.1. The molecule has 0 saturated carbocycles. The van der Waals surface area contributed by atoms with Crippen molar-refractivity contribution in [1.82, 2.24) is 0 Å². The molecule has 2 rings (SSSR count). The van der Waals surface area contributed by atoms with Gasteiger partial charge in [-0.2, -0.15) is 0 Å². The summed E-state index contributed by atoms with van der Waals surface area (Å²) in [4.78, 5) is 32.9. The second kappa shape index (κ2) is 7.61. The fourth-order valence-corrected chi connectivity index (χ4v) is 2.72. The van der Waals surface area contributed by atoms with Gasteiger partial charge in [-0.05, 0) is 40.8 Å². The smallest absolute Gasteiger partial charge is 0.320 e. The van der Waals surface area contributed by atoms with Crippen molar-refractivity contribution in [2.24, 2.45) is 0 Å². The summed E-state index contributed by atoms with van der Waals surface area (Å²) >= 11 is 7.96. The highest BCUT2D eigenvalue weighted by Crippen LogP contribution is 2.39. The van der Waals surface area contributed by atoms with Gasteiger partial charge in [0.25, 0.3) is 11.7 Å². The van der Waals surface area contributed by atoms with E-state index in [0.29, 0.717) is 0 Å². The molecule has 1 N–H and O–H groups in total. The van der Waals surface area contributed by atoms with Crippen LogP contribution in [0.15, 0.2) is 30.3 Å². The van der Waals surface area contributed by atoms with Gasteiger partial charge in [-0.3, -0.25) is 25.0 Å². The van der Waals surface area contributed by atoms with Crippen molar-refractivity contribution in [3.8, 4) is 5.75 Å². The number of carbonyl (C=O) groups excluding carboxylic acids is 1. The third-order valence-electron chi connectivity index (χ3n) is 3.08. The lowest BCUT2D eigenvalue weighted by Crippen LogP contribution is -2.13. The predicted octanol–water partition coefficient (Wildman–Crippen LogP) is 4.02. The van der Waals surface area contributed by atoms with Gasteiger partial charge in [0, 0.05) is 15.7 Å². The zero-order chi connectivity index (χ0) is 18.7. The average molecular weight is 478 g/mol. The van der Waals surface area contributed by atoms with E-state index in [2.05, 4.69) is 5.32 Å². The summed E-state index contributed by atoms with van der Waals surface area (Å²) in [5.41, 5.74) is -1.27. The van der Waals surface area contributed by atoms with E-state index in [9.17, 15) is 25.0 Å². The number of methoxy groups -OCH3 is 1. The number of anilines is 1. The molecule has 11 heteroatoms. The number of nitrogens with zero attached hydrogens (tertiary/aromatic N) is 2. The third kappa shape index (κ3) is 4.14. The Kier molecular flexibility index (Phi) is 5.74. The van der Waals surface area contributed by atoms with Crippen LogP contribution in [-0.4, -0.2) is 22.9 Å². The standard InChI is InChI=1S/C14H9ClIN3O6/c1-25-13-11(18(21)22)5-8(6-12(13)19(23)24)17-14(20)9-4-7(16)2-3-10(9)15/h2-6H,1H3,(H,17,20). The van der Waals surface area contributed by atoms with Gasteiger partial charge in [-0.25, -0.2) is 0 Å². The fourth-order valence-electron chi connectivity index (χ4n) is 2.02. The maximum absolute atomic E-state index is 12.3. The molecule has 0 bridgehead atoms. The Hall–Kier alpha value is -2.47. The molecule has 0 radical (unpaired) electrons. The van der Waals surface area contributed by atoms with Crippen LogP contribution >= 0.6 is 34.2 Å². The minimum Gasteiger partial charge on any atom is -0.485 e. The lowest BCUT2D eigenvalue weighted by Gasteiger charge is -2.09. The highest BCUT2D eigenvalue weighted by atomic mass is 127. The molecule has 0 aliphatic heterocycles. The van der Waals surface area contributed by atoms with E-state index in [1.807, 2.05) is 22.6 Å². The van der Waals surface area contributed by atoms with Gasteiger partial charge >= 0.3 is 11.4 Å². The minimum atomic E-state index is -0.833. The van der Waals surface area contributed by atoms with Crippen molar-refractivity contribution < 1.29 is 19.4 Å². The van der Waals surface area contributed by atoms with Gasteiger partial charge in [0.05, 0.1) is 33.2 Å². The van der Waals surface area contributed by atoms with E-state index < -0.39 is 32.9 Å². The van der Waals surface area contributed by atoms with Gasteiger partial charge in [-0.1, -0.05) is 11.6 Å². The van der Waals surface area contributed by atoms with E-state index in [-0.39, 0.29) is 16.3 Å². The first-order chi connectivity index (χ1) is 11.7. The number of nitro benzene ring substituents is 2. The lowest BCUT2D eigenvalue weighted by atomic mass is 10.2. The average Bonchev–Trinajstić information content (AvgIpc) is 2.55. The van der Waals surface area contributed by atoms with E-state index in [1.54, 1.807) is 6.07 Å². The Balaban J connectivity index is 2.49. The Morgan fingerprint density at radius 2 is 1.72 bits per heavy atom. The summed E-state index contributed by atoms with van der Waals surface area (Å²) in [6.07, 6.45) is 0. The molecule has 1 amide bonds. The number of benzene rings is 2. The van der Waals surface area contributed by atoms with Crippen LogP contribution in [0, 0.1) is 23.8 Å². The summed E-state index contributed by atoms with van der Waals surface area (Å²) in [5, 5.41) is 24.8. The van der Waals surface area contributed by atoms with Crippen LogP contribution in [0.25, 0.3) is 0 Å². The van der Waals surface area contributed by atoms with E-state index in [4.69, 9.17) is 16.3 Å². The van der Waals surface area contributed by atoms with Crippen LogP contribution in [0.2, 0.25) is 5.02 Å². The van der Waals surface area contributed by atoms with Gasteiger partial charge in [0.1, 0.15) is 0 Å². The topological polar surface area (TPSA) is 125 Å². The van der Waals surface area contributed by atoms with Crippen molar-refractivity contribution >= 4 is 57.2 Å². The quantitative estimate of drug-likeness (QED) is 0.394. The Labute approximate surface area is 159 Å². The summed E-state index contributed by atoms with van der Waals surface area (Å²) in [6, 6.07) is 6.70. The molecule has 0 unspecified atom stereocenters. The first-order valence-corrected chi connectivity index (χ1v) is 7.97. The number of nitro groups is 2. The molecule has 2 aromatic carbocycles. The first kappa shape index (κ1) is 18.9. The normalized spacial score (nSPS) is 10.2. The van der Waals surface area contributed by atoms with Crippen LogP contribution in [0.5, 0.6) is 5.75 Å². The highest BCUT2D eigenvalue weighted by Gasteiger charge is 2.28. The fraction of sp³-hybridized carbons (Fsp3) is 0.0714. The summed E-state index contributed by atoms with van der Waals surface area (Å²) in [5.74, 6) is -1.16. The number of rotatable bonds is 5. The molecule has 0 fully saturated rings. The van der Waals surface area contributed by atoms with Crippen LogP contribution in [0.3, 0.4) is 0 Å². The zero-order valence-corrected chi connectivity index (χ0v) is 15.4. The van der Waals surface area contributed by atoms with Crippen molar-refractivity contribution in [1.29, 1.82) is 0 Å². The number of ether oxygens (including phenoxy) is 1. The molecule has 2 aromatic rings. The van der Waals surface area contributed by atoms with Crippen LogP contribution in [0.4, 0.5) is 17.1 Å². The predicted molar refractivity (Wildman–Crippen MR) is 98.4 cm³/mol. The van der Waals surface area contributed by atoms with Crippen molar-refractivity contribution in [2.45, 2.75) is 0 Å². The van der Waals surface area contributed by atoms with E-state index in [1.165, 1.54) is 12.1 Å². The monoisotopic (exact) mass is 477 g/mol. The van der Waals surface area contributed by atoms with E-state index >= 15 is 0 Å². The first-order valence-electron chi connectivity index (χ1n) is 6.51. The molecule has 130 valence electrons. The van der Waals surface area contributed by atoms with Crippen LogP contribution < -0.4 is 10.1 Å². The van der Waals surface area contributed by atoms with Crippen molar-refractivity contribution in [2.75, 3.05) is 12.4 Å². The maximum atomic E-state index is 12.3. The third-order valence-corrected chi connectivity index (χ3v) is 4.08. The van der Waals surface area contributed by atoms with Crippen molar-refractivity contribution in [3.05, 3.63) is 64.7 Å². The Bertz CT molecular complexity index is 854. The molecule has 25 heavy (non-hydrogen) atoms. The molecule has 0 saturated heterocycles. The molecular weight excluding hydrogens is 469 g/mol. The molecule has 0 aliphatic rings. The van der Waals surface area contributed by atoms with E-state index in [0.717, 1.165) is 22.8 Å². The number of halogens is 2.